The molecule has 3 rings (SSSR count). The summed E-state index contributed by atoms with van der Waals surface area (Å²) < 4.78 is 6.72. The molecule has 0 unspecified atom stereocenters. The van der Waals surface area contributed by atoms with Crippen LogP contribution in [0.25, 0.3) is 10.8 Å². The number of rotatable bonds is 9. The van der Waals surface area contributed by atoms with E-state index in [-0.39, 0.29) is 11.5 Å². The molecule has 2 aromatic carbocycles. The van der Waals surface area contributed by atoms with Crippen molar-refractivity contribution in [2.24, 2.45) is 0 Å². The summed E-state index contributed by atoms with van der Waals surface area (Å²) in [6.45, 7) is 3.08. The number of methoxy groups -OCH3 is 1. The standard InChI is InChI=1S/C24H29N3O3/c1-4-5-6-9-15-27-23(28)21-14-8-7-13-20(21)22(25-27)24(29)26(2)17-18-11-10-12-19(16-18)30-3/h7-8,10-14,16H,4-6,9,15,17H2,1-3H3. The number of hydrogen-bond acceptors (Lipinski definition) is 4. The molecule has 0 aliphatic rings. The van der Waals surface area contributed by atoms with Crippen LogP contribution in [-0.4, -0.2) is 34.7 Å². The van der Waals surface area contributed by atoms with Crippen molar-refractivity contribution in [1.82, 2.24) is 14.7 Å². The van der Waals surface area contributed by atoms with E-state index in [9.17, 15) is 9.59 Å². The maximum atomic E-state index is 13.3. The van der Waals surface area contributed by atoms with Crippen LogP contribution in [0.2, 0.25) is 0 Å². The van der Waals surface area contributed by atoms with Crippen molar-refractivity contribution in [3.63, 3.8) is 0 Å². The van der Waals surface area contributed by atoms with Crippen LogP contribution in [0.1, 0.15) is 48.7 Å². The molecule has 0 bridgehead atoms. The summed E-state index contributed by atoms with van der Waals surface area (Å²) in [6, 6.07) is 14.8. The average molecular weight is 408 g/mol. The zero-order valence-corrected chi connectivity index (χ0v) is 17.9. The number of carbonyl (C=O) groups excluding carboxylic acids is 1. The van der Waals surface area contributed by atoms with E-state index in [1.807, 2.05) is 36.4 Å². The second-order valence-electron chi connectivity index (χ2n) is 7.50. The van der Waals surface area contributed by atoms with Crippen molar-refractivity contribution in [1.29, 1.82) is 0 Å². The smallest absolute Gasteiger partial charge is 0.274 e. The quantitative estimate of drug-likeness (QED) is 0.497. The molecular weight excluding hydrogens is 378 g/mol. The molecule has 3 aromatic rings. The first-order valence-corrected chi connectivity index (χ1v) is 10.4. The lowest BCUT2D eigenvalue weighted by molar-refractivity contribution is 0.0778. The minimum absolute atomic E-state index is 0.144. The van der Waals surface area contributed by atoms with Gasteiger partial charge in [0, 0.05) is 25.5 Å². The lowest BCUT2D eigenvalue weighted by atomic mass is 10.1. The Morgan fingerprint density at radius 1 is 1.07 bits per heavy atom. The van der Waals surface area contributed by atoms with Crippen LogP contribution in [0.15, 0.2) is 53.3 Å². The van der Waals surface area contributed by atoms with Gasteiger partial charge in [-0.05, 0) is 30.2 Å². The van der Waals surface area contributed by atoms with Gasteiger partial charge in [-0.15, -0.1) is 0 Å². The number of carbonyl (C=O) groups is 1. The van der Waals surface area contributed by atoms with Gasteiger partial charge in [0.05, 0.1) is 12.5 Å². The molecule has 0 N–H and O–H groups in total. The number of fused-ring (bicyclic) bond motifs is 1. The number of benzene rings is 2. The van der Waals surface area contributed by atoms with Gasteiger partial charge in [0.25, 0.3) is 11.5 Å². The first-order valence-electron chi connectivity index (χ1n) is 10.4. The second kappa shape index (κ2) is 10.1. The van der Waals surface area contributed by atoms with Crippen LogP contribution >= 0.6 is 0 Å². The third kappa shape index (κ3) is 4.87. The molecular formula is C24H29N3O3. The van der Waals surface area contributed by atoms with Gasteiger partial charge in [-0.2, -0.15) is 5.10 Å². The highest BCUT2D eigenvalue weighted by Crippen LogP contribution is 2.18. The normalized spacial score (nSPS) is 10.9. The highest BCUT2D eigenvalue weighted by Gasteiger charge is 2.20. The second-order valence-corrected chi connectivity index (χ2v) is 7.50. The van der Waals surface area contributed by atoms with E-state index in [2.05, 4.69) is 12.0 Å². The first-order chi connectivity index (χ1) is 14.5. The van der Waals surface area contributed by atoms with Crippen LogP contribution in [0.4, 0.5) is 0 Å². The van der Waals surface area contributed by atoms with Crippen molar-refractivity contribution in [2.75, 3.05) is 14.2 Å². The number of aromatic nitrogens is 2. The van der Waals surface area contributed by atoms with Gasteiger partial charge in [0.2, 0.25) is 0 Å². The van der Waals surface area contributed by atoms with Gasteiger partial charge in [-0.3, -0.25) is 9.59 Å². The average Bonchev–Trinajstić information content (AvgIpc) is 2.77. The SMILES string of the molecule is CCCCCCn1nc(C(=O)N(C)Cc2cccc(OC)c2)c2ccccc2c1=O. The molecule has 0 spiro atoms. The number of unbranched alkanes of at least 4 members (excludes halogenated alkanes) is 3. The predicted molar refractivity (Wildman–Crippen MR) is 119 cm³/mol. The summed E-state index contributed by atoms with van der Waals surface area (Å²) in [5.74, 6) is 0.536. The predicted octanol–water partition coefficient (Wildman–Crippen LogP) is 4.26. The highest BCUT2D eigenvalue weighted by atomic mass is 16.5. The molecule has 158 valence electrons. The van der Waals surface area contributed by atoms with E-state index in [0.717, 1.165) is 37.0 Å². The molecule has 0 aliphatic heterocycles. The van der Waals surface area contributed by atoms with Gasteiger partial charge >= 0.3 is 0 Å². The molecule has 1 aromatic heterocycles. The Labute approximate surface area is 177 Å². The largest absolute Gasteiger partial charge is 0.497 e. The van der Waals surface area contributed by atoms with Crippen LogP contribution in [0.3, 0.4) is 0 Å². The van der Waals surface area contributed by atoms with Crippen LogP contribution < -0.4 is 10.3 Å². The topological polar surface area (TPSA) is 64.4 Å². The molecule has 0 saturated heterocycles. The van der Waals surface area contributed by atoms with Gasteiger partial charge < -0.3 is 9.64 Å². The minimum atomic E-state index is -0.212. The molecule has 0 atom stereocenters. The van der Waals surface area contributed by atoms with E-state index in [1.165, 1.54) is 4.68 Å². The Hall–Kier alpha value is -3.15. The van der Waals surface area contributed by atoms with Crippen molar-refractivity contribution < 1.29 is 9.53 Å². The number of aryl methyl sites for hydroxylation is 1. The number of amides is 1. The zero-order valence-electron chi connectivity index (χ0n) is 17.9. The summed E-state index contributed by atoms with van der Waals surface area (Å²) in [4.78, 5) is 27.8. The fourth-order valence-corrected chi connectivity index (χ4v) is 3.53. The van der Waals surface area contributed by atoms with Crippen molar-refractivity contribution in [3.8, 4) is 5.75 Å². The first kappa shape index (κ1) is 21.6. The third-order valence-corrected chi connectivity index (χ3v) is 5.19. The molecule has 0 radical (unpaired) electrons. The lowest BCUT2D eigenvalue weighted by Crippen LogP contribution is -2.32. The fraction of sp³-hybridized carbons (Fsp3) is 0.375. The maximum Gasteiger partial charge on any atom is 0.274 e. The highest BCUT2D eigenvalue weighted by molar-refractivity contribution is 6.04. The Balaban J connectivity index is 1.91. The molecule has 0 fully saturated rings. The summed E-state index contributed by atoms with van der Waals surface area (Å²) in [6.07, 6.45) is 4.15. The van der Waals surface area contributed by atoms with Crippen LogP contribution in [0, 0.1) is 0 Å². The Kier molecular flexibility index (Phi) is 7.22. The molecule has 30 heavy (non-hydrogen) atoms. The molecule has 6 nitrogen and oxygen atoms in total. The summed E-state index contributed by atoms with van der Waals surface area (Å²) in [5, 5.41) is 5.60. The molecule has 1 amide bonds. The van der Waals surface area contributed by atoms with E-state index >= 15 is 0 Å². The Morgan fingerprint density at radius 3 is 2.57 bits per heavy atom. The molecule has 1 heterocycles. The summed E-state index contributed by atoms with van der Waals surface area (Å²) >= 11 is 0. The van der Waals surface area contributed by atoms with E-state index in [0.29, 0.717) is 29.6 Å². The van der Waals surface area contributed by atoms with Gasteiger partial charge in [-0.1, -0.05) is 56.5 Å². The van der Waals surface area contributed by atoms with E-state index in [1.54, 1.807) is 31.2 Å². The Bertz CT molecular complexity index is 1070. The van der Waals surface area contributed by atoms with Crippen molar-refractivity contribution in [2.45, 2.75) is 45.7 Å². The zero-order chi connectivity index (χ0) is 21.5. The maximum absolute atomic E-state index is 13.3. The lowest BCUT2D eigenvalue weighted by Gasteiger charge is -2.19. The van der Waals surface area contributed by atoms with E-state index in [4.69, 9.17) is 4.74 Å². The van der Waals surface area contributed by atoms with Gasteiger partial charge in [0.15, 0.2) is 5.69 Å². The number of nitrogens with zero attached hydrogens (tertiary/aromatic N) is 3. The Morgan fingerprint density at radius 2 is 1.83 bits per heavy atom. The molecule has 0 aliphatic carbocycles. The van der Waals surface area contributed by atoms with Crippen LogP contribution in [-0.2, 0) is 13.1 Å². The number of ether oxygens (including phenoxy) is 1. The van der Waals surface area contributed by atoms with Crippen LogP contribution in [0.5, 0.6) is 5.75 Å². The minimum Gasteiger partial charge on any atom is -0.497 e. The van der Waals surface area contributed by atoms with E-state index < -0.39 is 0 Å². The van der Waals surface area contributed by atoms with Gasteiger partial charge in [0.1, 0.15) is 5.75 Å². The third-order valence-electron chi connectivity index (χ3n) is 5.19. The van der Waals surface area contributed by atoms with Crippen molar-refractivity contribution >= 4 is 16.7 Å². The fourth-order valence-electron chi connectivity index (χ4n) is 3.53. The summed E-state index contributed by atoms with van der Waals surface area (Å²) in [7, 11) is 3.36. The molecule has 0 saturated carbocycles. The summed E-state index contributed by atoms with van der Waals surface area (Å²) in [5.41, 5.74) is 1.13. The van der Waals surface area contributed by atoms with Gasteiger partial charge in [-0.25, -0.2) is 4.68 Å². The number of hydrogen-bond donors (Lipinski definition) is 0. The molecule has 6 heteroatoms. The monoisotopic (exact) mass is 407 g/mol. The van der Waals surface area contributed by atoms with Crippen molar-refractivity contribution in [3.05, 3.63) is 70.1 Å².